The third-order valence-electron chi connectivity index (χ3n) is 4.38. The molecule has 132 valence electrons. The minimum Gasteiger partial charge on any atom is -0.350 e. The molecule has 0 bridgehead atoms. The van der Waals surface area contributed by atoms with Crippen molar-refractivity contribution < 1.29 is 4.79 Å². The number of halogens is 1. The Kier molecular flexibility index (Phi) is 6.58. The van der Waals surface area contributed by atoms with E-state index in [1.165, 1.54) is 18.4 Å². The molecule has 1 aliphatic carbocycles. The Morgan fingerprint density at radius 2 is 2.00 bits per heavy atom. The number of amidine groups is 1. The molecule has 0 radical (unpaired) electrons. The number of benzene rings is 1. The summed E-state index contributed by atoms with van der Waals surface area (Å²) in [6, 6.07) is 8.91. The Morgan fingerprint density at radius 1 is 1.33 bits per heavy atom. The topological polar surface area (TPSA) is 44.7 Å². The molecule has 4 nitrogen and oxygen atoms in total. The summed E-state index contributed by atoms with van der Waals surface area (Å²) in [6.45, 7) is 4.34. The van der Waals surface area contributed by atoms with Crippen molar-refractivity contribution in [1.29, 1.82) is 0 Å². The lowest BCUT2D eigenvalue weighted by molar-refractivity contribution is -0.116. The summed E-state index contributed by atoms with van der Waals surface area (Å²) in [4.78, 5) is 19.2. The van der Waals surface area contributed by atoms with Gasteiger partial charge in [-0.1, -0.05) is 37.7 Å². The summed E-state index contributed by atoms with van der Waals surface area (Å²) in [5, 5.41) is 4.11. The Hall–Kier alpha value is -1.20. The van der Waals surface area contributed by atoms with E-state index in [0.717, 1.165) is 16.6 Å². The molecule has 24 heavy (non-hydrogen) atoms. The number of amides is 1. The standard InChI is InChI=1S/C18H25N3OS.ClH/c1-12(2)13-4-6-14(7-5-13)19-17(22)10-16-11-23-18(21(16)3)20-15-8-9-15;/h4-7,12,15-16H,8-11H2,1-3H3,(H,19,22);1H/b20-18-;. The Bertz CT molecular complexity index is 599. The molecular weight excluding hydrogens is 342 g/mol. The molecule has 6 heteroatoms. The number of rotatable bonds is 5. The molecule has 1 aliphatic heterocycles. The van der Waals surface area contributed by atoms with E-state index in [-0.39, 0.29) is 24.4 Å². The van der Waals surface area contributed by atoms with E-state index in [4.69, 9.17) is 4.99 Å². The van der Waals surface area contributed by atoms with Gasteiger partial charge in [0.15, 0.2) is 5.17 Å². The molecule has 1 heterocycles. The molecule has 1 saturated heterocycles. The normalized spacial score (nSPS) is 21.9. The van der Waals surface area contributed by atoms with Crippen LogP contribution in [-0.4, -0.2) is 40.9 Å². The van der Waals surface area contributed by atoms with Crippen LogP contribution >= 0.6 is 24.2 Å². The molecule has 0 aromatic heterocycles. The second-order valence-corrected chi connectivity index (χ2v) is 7.73. The van der Waals surface area contributed by atoms with Crippen LogP contribution in [0.5, 0.6) is 0 Å². The fourth-order valence-corrected chi connectivity index (χ4v) is 3.86. The number of hydrogen-bond acceptors (Lipinski definition) is 3. The first-order valence-electron chi connectivity index (χ1n) is 8.36. The number of nitrogens with zero attached hydrogens (tertiary/aromatic N) is 2. The molecule has 1 amide bonds. The molecule has 3 rings (SSSR count). The summed E-state index contributed by atoms with van der Waals surface area (Å²) in [5.41, 5.74) is 2.16. The maximum absolute atomic E-state index is 12.3. The number of thioether (sulfide) groups is 1. The van der Waals surface area contributed by atoms with E-state index in [0.29, 0.717) is 18.4 Å². The average Bonchev–Trinajstić information content (AvgIpc) is 3.27. The van der Waals surface area contributed by atoms with Gasteiger partial charge in [0.2, 0.25) is 5.91 Å². The Balaban J connectivity index is 0.00000208. The van der Waals surface area contributed by atoms with Crippen molar-refractivity contribution in [3.63, 3.8) is 0 Å². The zero-order valence-electron chi connectivity index (χ0n) is 14.5. The van der Waals surface area contributed by atoms with Crippen molar-refractivity contribution in [2.75, 3.05) is 18.1 Å². The summed E-state index contributed by atoms with van der Waals surface area (Å²) in [5.74, 6) is 1.53. The van der Waals surface area contributed by atoms with E-state index >= 15 is 0 Å². The lowest BCUT2D eigenvalue weighted by Gasteiger charge is -2.20. The number of aliphatic imine (C=N–C) groups is 1. The maximum Gasteiger partial charge on any atom is 0.226 e. The van der Waals surface area contributed by atoms with Gasteiger partial charge in [-0.25, -0.2) is 0 Å². The van der Waals surface area contributed by atoms with Crippen LogP contribution in [0.3, 0.4) is 0 Å². The summed E-state index contributed by atoms with van der Waals surface area (Å²) >= 11 is 1.78. The zero-order valence-corrected chi connectivity index (χ0v) is 16.1. The molecule has 1 aromatic carbocycles. The highest BCUT2D eigenvalue weighted by Crippen LogP contribution is 2.30. The van der Waals surface area contributed by atoms with Crippen LogP contribution in [0, 0.1) is 0 Å². The van der Waals surface area contributed by atoms with Crippen LogP contribution in [0.1, 0.15) is 44.6 Å². The van der Waals surface area contributed by atoms with Crippen molar-refractivity contribution in [3.8, 4) is 0 Å². The zero-order chi connectivity index (χ0) is 16.4. The molecule has 2 aliphatic rings. The van der Waals surface area contributed by atoms with Gasteiger partial charge < -0.3 is 10.2 Å². The number of hydrogen-bond donors (Lipinski definition) is 1. The second kappa shape index (κ2) is 8.26. The first-order valence-corrected chi connectivity index (χ1v) is 9.34. The molecule has 1 aromatic rings. The molecule has 0 spiro atoms. The predicted molar refractivity (Wildman–Crippen MR) is 105 cm³/mol. The highest BCUT2D eigenvalue weighted by Gasteiger charge is 2.31. The van der Waals surface area contributed by atoms with Gasteiger partial charge in [-0.05, 0) is 36.5 Å². The minimum atomic E-state index is 0. The first-order chi connectivity index (χ1) is 11.0. The van der Waals surface area contributed by atoms with Crippen molar-refractivity contribution in [2.24, 2.45) is 4.99 Å². The first kappa shape index (κ1) is 19.1. The number of carbonyl (C=O) groups is 1. The largest absolute Gasteiger partial charge is 0.350 e. The summed E-state index contributed by atoms with van der Waals surface area (Å²) < 4.78 is 0. The number of anilines is 1. The highest BCUT2D eigenvalue weighted by atomic mass is 35.5. The van der Waals surface area contributed by atoms with E-state index < -0.39 is 0 Å². The predicted octanol–water partition coefficient (Wildman–Crippen LogP) is 4.13. The van der Waals surface area contributed by atoms with Gasteiger partial charge in [-0.3, -0.25) is 9.79 Å². The fraction of sp³-hybridized carbons (Fsp3) is 0.556. The lowest BCUT2D eigenvalue weighted by Crippen LogP contribution is -2.33. The van der Waals surface area contributed by atoms with Gasteiger partial charge in [0, 0.05) is 31.0 Å². The van der Waals surface area contributed by atoms with E-state index in [1.54, 1.807) is 11.8 Å². The van der Waals surface area contributed by atoms with Gasteiger partial charge in [-0.15, -0.1) is 12.4 Å². The Labute approximate surface area is 154 Å². The number of nitrogens with one attached hydrogen (secondary N) is 1. The third kappa shape index (κ3) is 4.90. The van der Waals surface area contributed by atoms with Crippen LogP contribution in [0.4, 0.5) is 5.69 Å². The highest BCUT2D eigenvalue weighted by molar-refractivity contribution is 8.14. The molecule has 1 unspecified atom stereocenters. The second-order valence-electron chi connectivity index (χ2n) is 6.75. The van der Waals surface area contributed by atoms with Crippen LogP contribution in [-0.2, 0) is 4.79 Å². The van der Waals surface area contributed by atoms with Gasteiger partial charge in [0.1, 0.15) is 0 Å². The number of carbonyl (C=O) groups excluding carboxylic acids is 1. The van der Waals surface area contributed by atoms with Gasteiger partial charge >= 0.3 is 0 Å². The van der Waals surface area contributed by atoms with E-state index in [9.17, 15) is 4.79 Å². The van der Waals surface area contributed by atoms with Crippen molar-refractivity contribution in [3.05, 3.63) is 29.8 Å². The van der Waals surface area contributed by atoms with Gasteiger partial charge in [-0.2, -0.15) is 0 Å². The summed E-state index contributed by atoms with van der Waals surface area (Å²) in [6.07, 6.45) is 2.95. The van der Waals surface area contributed by atoms with Crippen LogP contribution in [0.25, 0.3) is 0 Å². The minimum absolute atomic E-state index is 0. The lowest BCUT2D eigenvalue weighted by atomic mass is 10.0. The average molecular weight is 368 g/mol. The molecule has 1 atom stereocenters. The van der Waals surface area contributed by atoms with E-state index in [2.05, 4.69) is 43.2 Å². The van der Waals surface area contributed by atoms with E-state index in [1.807, 2.05) is 12.1 Å². The SMILES string of the molecule is CC(C)c1ccc(NC(=O)CC2CS/C(=N\C3CC3)N2C)cc1.Cl. The molecule has 1 N–H and O–H groups in total. The molecular formula is C18H26ClN3OS. The smallest absolute Gasteiger partial charge is 0.226 e. The third-order valence-corrected chi connectivity index (χ3v) is 5.58. The quantitative estimate of drug-likeness (QED) is 0.851. The van der Waals surface area contributed by atoms with Crippen molar-refractivity contribution >= 4 is 40.9 Å². The van der Waals surface area contributed by atoms with Crippen molar-refractivity contribution in [1.82, 2.24) is 4.90 Å². The summed E-state index contributed by atoms with van der Waals surface area (Å²) in [7, 11) is 2.05. The monoisotopic (exact) mass is 367 g/mol. The van der Waals surface area contributed by atoms with Crippen LogP contribution < -0.4 is 5.32 Å². The molecule has 2 fully saturated rings. The van der Waals surface area contributed by atoms with Gasteiger partial charge in [0.25, 0.3) is 0 Å². The Morgan fingerprint density at radius 3 is 2.58 bits per heavy atom. The maximum atomic E-state index is 12.3. The van der Waals surface area contributed by atoms with Crippen molar-refractivity contribution in [2.45, 2.75) is 51.1 Å². The fourth-order valence-electron chi connectivity index (χ4n) is 2.60. The van der Waals surface area contributed by atoms with Gasteiger partial charge in [0.05, 0.1) is 6.04 Å². The molecule has 1 saturated carbocycles. The van der Waals surface area contributed by atoms with Crippen LogP contribution in [0.15, 0.2) is 29.3 Å². The van der Waals surface area contributed by atoms with Crippen LogP contribution in [0.2, 0.25) is 0 Å².